The highest BCUT2D eigenvalue weighted by molar-refractivity contribution is 7.90. The van der Waals surface area contributed by atoms with Crippen LogP contribution < -0.4 is 15.2 Å². The SMILES string of the molecule is NS(=O)(=O)c1cc2c(cc1Cl)NC(c1cccc(Cl)c1Cl)NS2(=O)=O. The second kappa shape index (κ2) is 6.27. The largest absolute Gasteiger partial charge is 0.364 e. The number of benzene rings is 2. The van der Waals surface area contributed by atoms with Crippen molar-refractivity contribution in [1.82, 2.24) is 4.72 Å². The molecule has 1 unspecified atom stereocenters. The third kappa shape index (κ3) is 3.45. The number of rotatable bonds is 2. The molecule has 2 aromatic rings. The van der Waals surface area contributed by atoms with Gasteiger partial charge in [-0.25, -0.2) is 22.0 Å². The molecular weight excluding hydrogens is 433 g/mol. The van der Waals surface area contributed by atoms with Gasteiger partial charge in [-0.15, -0.1) is 0 Å². The van der Waals surface area contributed by atoms with Gasteiger partial charge in [0.1, 0.15) is 16.0 Å². The van der Waals surface area contributed by atoms with E-state index < -0.39 is 31.1 Å². The van der Waals surface area contributed by atoms with Gasteiger partial charge in [0.05, 0.1) is 20.8 Å². The molecule has 0 aromatic heterocycles. The molecule has 0 aliphatic carbocycles. The molecule has 0 bridgehead atoms. The van der Waals surface area contributed by atoms with Crippen LogP contribution in [0.4, 0.5) is 5.69 Å². The van der Waals surface area contributed by atoms with Crippen molar-refractivity contribution in [1.29, 1.82) is 0 Å². The van der Waals surface area contributed by atoms with E-state index in [1.54, 1.807) is 18.2 Å². The average Bonchev–Trinajstić information content (AvgIpc) is 2.47. The van der Waals surface area contributed by atoms with Crippen LogP contribution in [0, 0.1) is 0 Å². The fraction of sp³-hybridized carbons (Fsp3) is 0.0769. The first kappa shape index (κ1) is 18.7. The van der Waals surface area contributed by atoms with Crippen molar-refractivity contribution in [3.05, 3.63) is 51.0 Å². The first-order valence-electron chi connectivity index (χ1n) is 6.60. The third-order valence-corrected chi connectivity index (χ3v) is 7.17. The summed E-state index contributed by atoms with van der Waals surface area (Å²) in [5, 5.41) is 8.19. The zero-order chi connectivity index (χ0) is 18.6. The van der Waals surface area contributed by atoms with Crippen LogP contribution in [0.15, 0.2) is 40.1 Å². The standard InChI is InChI=1S/C13H10Cl3N3O4S2/c14-7-3-1-2-6(12(7)16)13-18-9-4-8(15)10(24(17,20)21)5-11(9)25(22,23)19-13/h1-5,13,18-19H,(H2,17,20,21). The molecule has 0 spiro atoms. The van der Waals surface area contributed by atoms with E-state index in [0.717, 1.165) is 6.07 Å². The number of fused-ring (bicyclic) bond motifs is 1. The second-order valence-electron chi connectivity index (χ2n) is 5.17. The molecule has 1 aliphatic heterocycles. The topological polar surface area (TPSA) is 118 Å². The molecule has 1 atom stereocenters. The summed E-state index contributed by atoms with van der Waals surface area (Å²) in [5.74, 6) is 0. The van der Waals surface area contributed by atoms with Crippen molar-refractivity contribution in [3.63, 3.8) is 0 Å². The van der Waals surface area contributed by atoms with Crippen molar-refractivity contribution in [3.8, 4) is 0 Å². The number of hydrogen-bond acceptors (Lipinski definition) is 5. The number of nitrogens with two attached hydrogens (primary N) is 1. The molecule has 3 rings (SSSR count). The number of nitrogens with one attached hydrogen (secondary N) is 2. The molecular formula is C13H10Cl3N3O4S2. The molecule has 0 amide bonds. The van der Waals surface area contributed by atoms with E-state index in [1.165, 1.54) is 6.07 Å². The van der Waals surface area contributed by atoms with Crippen LogP contribution in [0.3, 0.4) is 0 Å². The van der Waals surface area contributed by atoms with Crippen LogP contribution >= 0.6 is 34.8 Å². The molecule has 12 heteroatoms. The van der Waals surface area contributed by atoms with Gasteiger partial charge in [0.25, 0.3) is 0 Å². The Kier molecular flexibility index (Phi) is 4.70. The number of primary sulfonamides is 1. The Morgan fingerprint density at radius 1 is 1.08 bits per heavy atom. The van der Waals surface area contributed by atoms with Gasteiger partial charge in [0.15, 0.2) is 0 Å². The van der Waals surface area contributed by atoms with E-state index in [2.05, 4.69) is 10.0 Å². The normalized spacial score (nSPS) is 19.1. The van der Waals surface area contributed by atoms with Gasteiger partial charge in [-0.3, -0.25) is 0 Å². The third-order valence-electron chi connectivity index (χ3n) is 3.50. The molecule has 1 aliphatic rings. The van der Waals surface area contributed by atoms with Gasteiger partial charge in [-0.1, -0.05) is 46.9 Å². The Labute approximate surface area is 159 Å². The summed E-state index contributed by atoms with van der Waals surface area (Å²) in [5.41, 5.74) is 0.507. The van der Waals surface area contributed by atoms with E-state index in [-0.39, 0.29) is 25.7 Å². The van der Waals surface area contributed by atoms with Crippen LogP contribution in [0.2, 0.25) is 15.1 Å². The minimum absolute atomic E-state index is 0.109. The van der Waals surface area contributed by atoms with E-state index in [4.69, 9.17) is 39.9 Å². The number of halogens is 3. The lowest BCUT2D eigenvalue weighted by atomic mass is 10.1. The molecule has 0 fully saturated rings. The lowest BCUT2D eigenvalue weighted by Crippen LogP contribution is -2.38. The second-order valence-corrected chi connectivity index (χ2v) is 9.57. The minimum atomic E-state index is -4.19. The van der Waals surface area contributed by atoms with Gasteiger partial charge in [-0.2, -0.15) is 4.72 Å². The zero-order valence-corrected chi connectivity index (χ0v) is 16.0. The molecule has 2 aromatic carbocycles. The quantitative estimate of drug-likeness (QED) is 0.661. The molecule has 134 valence electrons. The Morgan fingerprint density at radius 2 is 1.76 bits per heavy atom. The maximum Gasteiger partial charge on any atom is 0.244 e. The summed E-state index contributed by atoms with van der Waals surface area (Å²) >= 11 is 18.0. The molecule has 0 saturated heterocycles. The Bertz CT molecular complexity index is 1090. The summed E-state index contributed by atoms with van der Waals surface area (Å²) in [6, 6.07) is 6.86. The van der Waals surface area contributed by atoms with E-state index >= 15 is 0 Å². The Hall–Kier alpha value is -1.07. The average molecular weight is 443 g/mol. The summed E-state index contributed by atoms with van der Waals surface area (Å²) in [7, 11) is -8.25. The molecule has 7 nitrogen and oxygen atoms in total. The highest BCUT2D eigenvalue weighted by Gasteiger charge is 2.33. The van der Waals surface area contributed by atoms with Gasteiger partial charge in [-0.05, 0) is 18.2 Å². The van der Waals surface area contributed by atoms with E-state index in [0.29, 0.717) is 5.56 Å². The van der Waals surface area contributed by atoms with E-state index in [1.807, 2.05) is 0 Å². The van der Waals surface area contributed by atoms with Crippen molar-refractivity contribution < 1.29 is 16.8 Å². The van der Waals surface area contributed by atoms with Crippen molar-refractivity contribution in [2.45, 2.75) is 16.0 Å². The lowest BCUT2D eigenvalue weighted by Gasteiger charge is -2.29. The van der Waals surface area contributed by atoms with Crippen LogP contribution in [-0.4, -0.2) is 16.8 Å². The Balaban J connectivity index is 2.16. The summed E-state index contributed by atoms with van der Waals surface area (Å²) in [4.78, 5) is -0.783. The summed E-state index contributed by atoms with van der Waals surface area (Å²) in [6.45, 7) is 0. The van der Waals surface area contributed by atoms with Crippen LogP contribution in [0.25, 0.3) is 0 Å². The first-order chi connectivity index (χ1) is 11.5. The van der Waals surface area contributed by atoms with Crippen LogP contribution in [0.5, 0.6) is 0 Å². The fourth-order valence-corrected chi connectivity index (χ4v) is 5.27. The van der Waals surface area contributed by atoms with Crippen molar-refractivity contribution in [2.24, 2.45) is 5.14 Å². The molecule has 0 saturated carbocycles. The predicted molar refractivity (Wildman–Crippen MR) is 96.0 cm³/mol. The smallest absolute Gasteiger partial charge is 0.244 e. The molecule has 25 heavy (non-hydrogen) atoms. The molecule has 0 radical (unpaired) electrons. The van der Waals surface area contributed by atoms with Gasteiger partial charge in [0.2, 0.25) is 20.0 Å². The minimum Gasteiger partial charge on any atom is -0.364 e. The highest BCUT2D eigenvalue weighted by Crippen LogP contribution is 2.38. The molecule has 4 N–H and O–H groups in total. The number of anilines is 1. The van der Waals surface area contributed by atoms with Crippen molar-refractivity contribution >= 4 is 60.5 Å². The monoisotopic (exact) mass is 441 g/mol. The van der Waals surface area contributed by atoms with Gasteiger partial charge in [0, 0.05) is 5.56 Å². The van der Waals surface area contributed by atoms with Crippen LogP contribution in [0.1, 0.15) is 11.7 Å². The van der Waals surface area contributed by atoms with Gasteiger partial charge >= 0.3 is 0 Å². The zero-order valence-electron chi connectivity index (χ0n) is 12.1. The fourth-order valence-electron chi connectivity index (χ4n) is 2.38. The summed E-state index contributed by atoms with van der Waals surface area (Å²) < 4.78 is 50.5. The predicted octanol–water partition coefficient (Wildman–Crippen LogP) is 2.70. The highest BCUT2D eigenvalue weighted by atomic mass is 35.5. The van der Waals surface area contributed by atoms with Gasteiger partial charge < -0.3 is 5.32 Å². The lowest BCUT2D eigenvalue weighted by molar-refractivity contribution is 0.562. The maximum absolute atomic E-state index is 12.5. The maximum atomic E-state index is 12.5. The molecule has 1 heterocycles. The number of hydrogen-bond donors (Lipinski definition) is 3. The van der Waals surface area contributed by atoms with Crippen LogP contribution in [-0.2, 0) is 20.0 Å². The Morgan fingerprint density at radius 3 is 2.40 bits per heavy atom. The van der Waals surface area contributed by atoms with E-state index in [9.17, 15) is 16.8 Å². The van der Waals surface area contributed by atoms with Crippen molar-refractivity contribution in [2.75, 3.05) is 5.32 Å². The first-order valence-corrected chi connectivity index (χ1v) is 10.8. The summed E-state index contributed by atoms with van der Waals surface area (Å²) in [6.07, 6.45) is -0.917. The number of sulfonamides is 2.